The second-order valence-electron chi connectivity index (χ2n) is 5.23. The first-order chi connectivity index (χ1) is 10.7. The molecular weight excluding hydrogens is 284 g/mol. The van der Waals surface area contributed by atoms with E-state index in [1.807, 2.05) is 0 Å². The van der Waals surface area contributed by atoms with Crippen molar-refractivity contribution in [3.05, 3.63) is 39.9 Å². The molecule has 3 rings (SSSR count). The van der Waals surface area contributed by atoms with E-state index in [4.69, 9.17) is 4.74 Å². The second-order valence-corrected chi connectivity index (χ2v) is 5.23. The monoisotopic (exact) mass is 302 g/mol. The standard InChI is InChI=1S/C15H18N4O3/c1-22-15(21)10-3-2-4-11-13(10)14(20)18-12(17-11)9-19-7-5-16-6-8-19/h2-4,16H,5-9H2,1H3,(H,17,18,20). The Morgan fingerprint density at radius 3 is 2.86 bits per heavy atom. The molecule has 0 atom stereocenters. The summed E-state index contributed by atoms with van der Waals surface area (Å²) in [5.74, 6) is 0.0779. The summed E-state index contributed by atoms with van der Waals surface area (Å²) in [5, 5.41) is 3.56. The molecule has 1 aliphatic rings. The summed E-state index contributed by atoms with van der Waals surface area (Å²) in [6.07, 6.45) is 0. The van der Waals surface area contributed by atoms with Gasteiger partial charge in [0, 0.05) is 26.2 Å². The third-order valence-corrected chi connectivity index (χ3v) is 3.77. The van der Waals surface area contributed by atoms with Crippen molar-refractivity contribution in [2.75, 3.05) is 33.3 Å². The van der Waals surface area contributed by atoms with Crippen molar-refractivity contribution in [2.45, 2.75) is 6.54 Å². The summed E-state index contributed by atoms with van der Waals surface area (Å²) in [6, 6.07) is 5.01. The van der Waals surface area contributed by atoms with E-state index < -0.39 is 5.97 Å². The zero-order valence-corrected chi connectivity index (χ0v) is 12.4. The molecule has 0 bridgehead atoms. The topological polar surface area (TPSA) is 87.3 Å². The summed E-state index contributed by atoms with van der Waals surface area (Å²) in [5.41, 5.74) is 0.440. The van der Waals surface area contributed by atoms with E-state index in [2.05, 4.69) is 20.2 Å². The predicted molar refractivity (Wildman–Crippen MR) is 81.8 cm³/mol. The number of piperazine rings is 1. The van der Waals surface area contributed by atoms with E-state index in [1.165, 1.54) is 7.11 Å². The number of esters is 1. The van der Waals surface area contributed by atoms with Gasteiger partial charge in [0.1, 0.15) is 5.82 Å². The number of aromatic amines is 1. The first kappa shape index (κ1) is 14.7. The maximum Gasteiger partial charge on any atom is 0.338 e. The molecule has 0 saturated carbocycles. The van der Waals surface area contributed by atoms with Gasteiger partial charge in [0.2, 0.25) is 0 Å². The van der Waals surface area contributed by atoms with Crippen molar-refractivity contribution in [1.29, 1.82) is 0 Å². The molecular formula is C15H18N4O3. The Bertz CT molecular complexity index is 750. The van der Waals surface area contributed by atoms with E-state index >= 15 is 0 Å². The van der Waals surface area contributed by atoms with Crippen LogP contribution < -0.4 is 10.9 Å². The van der Waals surface area contributed by atoms with Gasteiger partial charge in [0.25, 0.3) is 5.56 Å². The van der Waals surface area contributed by atoms with Crippen molar-refractivity contribution >= 4 is 16.9 Å². The number of ether oxygens (including phenoxy) is 1. The van der Waals surface area contributed by atoms with Crippen LogP contribution in [-0.4, -0.2) is 54.1 Å². The molecule has 2 heterocycles. The molecule has 2 aromatic rings. The first-order valence-corrected chi connectivity index (χ1v) is 7.22. The maximum atomic E-state index is 12.3. The highest BCUT2D eigenvalue weighted by Gasteiger charge is 2.16. The lowest BCUT2D eigenvalue weighted by Gasteiger charge is -2.26. The molecule has 22 heavy (non-hydrogen) atoms. The van der Waals surface area contributed by atoms with Gasteiger partial charge in [-0.25, -0.2) is 9.78 Å². The molecule has 0 unspecified atom stereocenters. The minimum absolute atomic E-state index is 0.238. The molecule has 1 fully saturated rings. The fraction of sp³-hybridized carbons (Fsp3) is 0.400. The smallest absolute Gasteiger partial charge is 0.338 e. The van der Waals surface area contributed by atoms with E-state index in [1.54, 1.807) is 18.2 Å². The summed E-state index contributed by atoms with van der Waals surface area (Å²) in [4.78, 5) is 33.6. The number of nitrogens with zero attached hydrogens (tertiary/aromatic N) is 2. The van der Waals surface area contributed by atoms with Crippen molar-refractivity contribution in [3.63, 3.8) is 0 Å². The predicted octanol–water partition coefficient (Wildman–Crippen LogP) is 0.115. The fourth-order valence-electron chi connectivity index (χ4n) is 2.67. The van der Waals surface area contributed by atoms with Crippen LogP contribution in [0.25, 0.3) is 10.9 Å². The van der Waals surface area contributed by atoms with Gasteiger partial charge in [0.15, 0.2) is 0 Å². The number of aromatic nitrogens is 2. The third kappa shape index (κ3) is 2.86. The van der Waals surface area contributed by atoms with Gasteiger partial charge in [-0.05, 0) is 12.1 Å². The van der Waals surface area contributed by atoms with E-state index in [9.17, 15) is 9.59 Å². The number of methoxy groups -OCH3 is 1. The Labute approximate surface area is 127 Å². The quantitative estimate of drug-likeness (QED) is 0.783. The summed E-state index contributed by atoms with van der Waals surface area (Å²) in [6.45, 7) is 4.30. The molecule has 1 aromatic carbocycles. The molecule has 2 N–H and O–H groups in total. The van der Waals surface area contributed by atoms with Gasteiger partial charge in [-0.2, -0.15) is 0 Å². The van der Waals surface area contributed by atoms with Crippen LogP contribution in [0.4, 0.5) is 0 Å². The molecule has 1 aliphatic heterocycles. The number of hydrogen-bond acceptors (Lipinski definition) is 6. The molecule has 0 radical (unpaired) electrons. The Hall–Kier alpha value is -2.25. The number of H-pyrrole nitrogens is 1. The minimum Gasteiger partial charge on any atom is -0.465 e. The van der Waals surface area contributed by atoms with Crippen molar-refractivity contribution in [2.24, 2.45) is 0 Å². The first-order valence-electron chi connectivity index (χ1n) is 7.22. The van der Waals surface area contributed by atoms with Gasteiger partial charge in [-0.1, -0.05) is 6.07 Å². The van der Waals surface area contributed by atoms with Crippen molar-refractivity contribution < 1.29 is 9.53 Å². The van der Waals surface area contributed by atoms with E-state index in [0.717, 1.165) is 26.2 Å². The number of carbonyl (C=O) groups excluding carboxylic acids is 1. The summed E-state index contributed by atoms with van der Waals surface area (Å²) in [7, 11) is 1.29. The molecule has 7 nitrogen and oxygen atoms in total. The number of hydrogen-bond donors (Lipinski definition) is 2. The van der Waals surface area contributed by atoms with Gasteiger partial charge < -0.3 is 15.0 Å². The van der Waals surface area contributed by atoms with Gasteiger partial charge >= 0.3 is 5.97 Å². The largest absolute Gasteiger partial charge is 0.465 e. The molecule has 1 aromatic heterocycles. The molecule has 7 heteroatoms. The molecule has 1 saturated heterocycles. The number of fused-ring (bicyclic) bond motifs is 1. The number of rotatable bonds is 3. The van der Waals surface area contributed by atoms with Crippen molar-refractivity contribution in [1.82, 2.24) is 20.2 Å². The Morgan fingerprint density at radius 2 is 2.14 bits per heavy atom. The second kappa shape index (κ2) is 6.25. The molecule has 0 amide bonds. The number of carbonyl (C=O) groups is 1. The van der Waals surface area contributed by atoms with E-state index in [-0.39, 0.29) is 16.5 Å². The van der Waals surface area contributed by atoms with Crippen LogP contribution in [0.1, 0.15) is 16.2 Å². The van der Waals surface area contributed by atoms with Gasteiger partial charge in [-0.15, -0.1) is 0 Å². The van der Waals surface area contributed by atoms with Crippen LogP contribution in [0.2, 0.25) is 0 Å². The lowest BCUT2D eigenvalue weighted by molar-refractivity contribution is 0.0603. The highest BCUT2D eigenvalue weighted by Crippen LogP contribution is 2.14. The normalized spacial score (nSPS) is 15.9. The SMILES string of the molecule is COC(=O)c1cccc2nc(CN3CCNCC3)[nH]c(=O)c12. The van der Waals surface area contributed by atoms with Crippen molar-refractivity contribution in [3.8, 4) is 0 Å². The van der Waals surface area contributed by atoms with Crippen LogP contribution in [-0.2, 0) is 11.3 Å². The minimum atomic E-state index is -0.534. The van der Waals surface area contributed by atoms with Crippen LogP contribution in [0.5, 0.6) is 0 Å². The number of benzene rings is 1. The fourth-order valence-corrected chi connectivity index (χ4v) is 2.67. The summed E-state index contributed by atoms with van der Waals surface area (Å²) >= 11 is 0. The molecule has 0 spiro atoms. The average Bonchev–Trinajstić information content (AvgIpc) is 2.54. The molecule has 116 valence electrons. The Morgan fingerprint density at radius 1 is 1.36 bits per heavy atom. The zero-order valence-electron chi connectivity index (χ0n) is 12.4. The van der Waals surface area contributed by atoms with Crippen LogP contribution in [0, 0.1) is 0 Å². The molecule has 0 aliphatic carbocycles. The Kier molecular flexibility index (Phi) is 4.17. The van der Waals surface area contributed by atoms with Crippen LogP contribution in [0.3, 0.4) is 0 Å². The highest BCUT2D eigenvalue weighted by atomic mass is 16.5. The van der Waals surface area contributed by atoms with Crippen LogP contribution in [0.15, 0.2) is 23.0 Å². The van der Waals surface area contributed by atoms with Gasteiger partial charge in [-0.3, -0.25) is 9.69 Å². The van der Waals surface area contributed by atoms with E-state index in [0.29, 0.717) is 17.9 Å². The average molecular weight is 302 g/mol. The van der Waals surface area contributed by atoms with Crippen LogP contribution >= 0.6 is 0 Å². The third-order valence-electron chi connectivity index (χ3n) is 3.77. The van der Waals surface area contributed by atoms with Gasteiger partial charge in [0.05, 0.1) is 30.1 Å². The Balaban J connectivity index is 1.98. The number of nitrogens with one attached hydrogen (secondary N) is 2. The maximum absolute atomic E-state index is 12.3. The summed E-state index contributed by atoms with van der Waals surface area (Å²) < 4.78 is 4.72. The zero-order chi connectivity index (χ0) is 15.5. The highest BCUT2D eigenvalue weighted by molar-refractivity contribution is 6.02. The lowest BCUT2D eigenvalue weighted by Crippen LogP contribution is -2.43. The lowest BCUT2D eigenvalue weighted by atomic mass is 10.1.